The minimum atomic E-state index is -0.138. The van der Waals surface area contributed by atoms with Crippen LogP contribution in [0.4, 0.5) is 4.79 Å². The number of hydrogen-bond donors (Lipinski definition) is 0. The van der Waals surface area contributed by atoms with E-state index in [1.165, 1.54) is 41.9 Å². The Morgan fingerprint density at radius 2 is 1.59 bits per heavy atom. The van der Waals surface area contributed by atoms with Crippen molar-refractivity contribution in [2.24, 2.45) is 0 Å². The van der Waals surface area contributed by atoms with Crippen molar-refractivity contribution in [3.8, 4) is 0 Å². The quantitative estimate of drug-likeness (QED) is 0.483. The zero-order valence-electron chi connectivity index (χ0n) is 11.1. The molecule has 0 radical (unpaired) electrons. The topological polar surface area (TPSA) is 40.6 Å². The fourth-order valence-electron chi connectivity index (χ4n) is 2.12. The van der Waals surface area contributed by atoms with Gasteiger partial charge >= 0.3 is 6.03 Å². The summed E-state index contributed by atoms with van der Waals surface area (Å²) >= 11 is 0. The monoisotopic (exact) mass is 240 g/mol. The van der Waals surface area contributed by atoms with Crippen molar-refractivity contribution in [2.45, 2.75) is 51.9 Å². The van der Waals surface area contributed by atoms with Crippen LogP contribution < -0.4 is 0 Å². The van der Waals surface area contributed by atoms with E-state index in [-0.39, 0.29) is 18.5 Å². The number of rotatable bonds is 8. The highest BCUT2D eigenvalue weighted by Gasteiger charge is 2.32. The van der Waals surface area contributed by atoms with Gasteiger partial charge in [0, 0.05) is 13.6 Å². The van der Waals surface area contributed by atoms with Crippen molar-refractivity contribution in [1.82, 2.24) is 9.80 Å². The number of urea groups is 1. The molecular weight excluding hydrogens is 216 g/mol. The molecule has 98 valence electrons. The van der Waals surface area contributed by atoms with E-state index in [9.17, 15) is 9.59 Å². The summed E-state index contributed by atoms with van der Waals surface area (Å²) in [5.41, 5.74) is 0. The predicted octanol–water partition coefficient (Wildman–Crippen LogP) is 2.63. The highest BCUT2D eigenvalue weighted by molar-refractivity contribution is 6.01. The van der Waals surface area contributed by atoms with Crippen molar-refractivity contribution in [3.05, 3.63) is 0 Å². The van der Waals surface area contributed by atoms with Gasteiger partial charge in [-0.2, -0.15) is 0 Å². The molecule has 0 spiro atoms. The Kier molecular flexibility index (Phi) is 6.01. The lowest BCUT2D eigenvalue weighted by molar-refractivity contribution is -0.125. The van der Waals surface area contributed by atoms with Crippen LogP contribution in [0.2, 0.25) is 0 Å². The highest BCUT2D eigenvalue weighted by Crippen LogP contribution is 2.11. The van der Waals surface area contributed by atoms with E-state index in [1.54, 1.807) is 7.05 Å². The molecule has 3 amide bonds. The normalized spacial score (nSPS) is 16.1. The number of nitrogens with zero attached hydrogens (tertiary/aromatic N) is 2. The van der Waals surface area contributed by atoms with E-state index in [1.807, 2.05) is 0 Å². The van der Waals surface area contributed by atoms with Crippen LogP contribution in [0.25, 0.3) is 0 Å². The molecule has 0 aliphatic carbocycles. The van der Waals surface area contributed by atoms with E-state index in [0.29, 0.717) is 6.54 Å². The van der Waals surface area contributed by atoms with Gasteiger partial charge in [0.25, 0.3) is 0 Å². The van der Waals surface area contributed by atoms with Crippen LogP contribution in [0.1, 0.15) is 51.9 Å². The molecule has 1 rings (SSSR count). The summed E-state index contributed by atoms with van der Waals surface area (Å²) in [5, 5.41) is 0. The van der Waals surface area contributed by atoms with Crippen LogP contribution in [0.3, 0.4) is 0 Å². The second-order valence-electron chi connectivity index (χ2n) is 4.81. The number of imide groups is 1. The maximum atomic E-state index is 11.6. The fourth-order valence-corrected chi connectivity index (χ4v) is 2.12. The molecule has 0 N–H and O–H groups in total. The molecule has 1 saturated heterocycles. The summed E-state index contributed by atoms with van der Waals surface area (Å²) in [6.07, 6.45) is 8.43. The van der Waals surface area contributed by atoms with Crippen molar-refractivity contribution < 1.29 is 9.59 Å². The lowest BCUT2D eigenvalue weighted by Crippen LogP contribution is -2.32. The maximum Gasteiger partial charge on any atom is 0.326 e. The number of hydrogen-bond acceptors (Lipinski definition) is 2. The Labute approximate surface area is 104 Å². The van der Waals surface area contributed by atoms with Gasteiger partial charge in [0.05, 0.1) is 0 Å². The molecule has 4 heteroatoms. The Bertz CT molecular complexity index is 266. The molecule has 0 aromatic carbocycles. The van der Waals surface area contributed by atoms with Crippen molar-refractivity contribution >= 4 is 11.9 Å². The Morgan fingerprint density at radius 3 is 2.12 bits per heavy atom. The zero-order valence-corrected chi connectivity index (χ0v) is 11.1. The van der Waals surface area contributed by atoms with Crippen LogP contribution in [0, 0.1) is 0 Å². The second kappa shape index (κ2) is 7.30. The largest absolute Gasteiger partial charge is 0.326 e. The first-order chi connectivity index (χ1) is 8.16. The zero-order chi connectivity index (χ0) is 12.7. The second-order valence-corrected chi connectivity index (χ2v) is 4.81. The average molecular weight is 240 g/mol. The van der Waals surface area contributed by atoms with Crippen LogP contribution in [-0.4, -0.2) is 41.9 Å². The third kappa shape index (κ3) is 4.36. The average Bonchev–Trinajstić information content (AvgIpc) is 2.54. The van der Waals surface area contributed by atoms with Gasteiger partial charge in [-0.3, -0.25) is 9.69 Å². The summed E-state index contributed by atoms with van der Waals surface area (Å²) in [6, 6.07) is -0.138. The molecule has 17 heavy (non-hydrogen) atoms. The molecule has 0 unspecified atom stereocenters. The molecule has 0 aromatic heterocycles. The number of carbonyl (C=O) groups excluding carboxylic acids is 2. The molecule has 1 aliphatic rings. The van der Waals surface area contributed by atoms with Crippen LogP contribution in [0.15, 0.2) is 0 Å². The van der Waals surface area contributed by atoms with E-state index in [4.69, 9.17) is 0 Å². The van der Waals surface area contributed by atoms with E-state index in [2.05, 4.69) is 6.92 Å². The van der Waals surface area contributed by atoms with Gasteiger partial charge in [0.15, 0.2) is 0 Å². The summed E-state index contributed by atoms with van der Waals surface area (Å²) < 4.78 is 0. The van der Waals surface area contributed by atoms with Gasteiger partial charge in [0.1, 0.15) is 6.54 Å². The van der Waals surface area contributed by atoms with Gasteiger partial charge in [-0.15, -0.1) is 0 Å². The molecular formula is C13H24N2O2. The van der Waals surface area contributed by atoms with Gasteiger partial charge < -0.3 is 4.90 Å². The number of likely N-dealkylation sites (N-methyl/N-ethyl adjacent to an activating group) is 1. The third-order valence-corrected chi connectivity index (χ3v) is 3.22. The lowest BCUT2D eigenvalue weighted by atomic mass is 10.1. The van der Waals surface area contributed by atoms with Crippen LogP contribution in [0.5, 0.6) is 0 Å². The SMILES string of the molecule is CCCCCCCCCN1C(=O)CN(C)C1=O. The molecule has 1 fully saturated rings. The first-order valence-corrected chi connectivity index (χ1v) is 6.72. The summed E-state index contributed by atoms with van der Waals surface area (Å²) in [4.78, 5) is 25.9. The number of amides is 3. The minimum Gasteiger partial charge on any atom is -0.318 e. The van der Waals surface area contributed by atoms with Crippen molar-refractivity contribution in [3.63, 3.8) is 0 Å². The van der Waals surface area contributed by atoms with Gasteiger partial charge in [0.2, 0.25) is 5.91 Å². The smallest absolute Gasteiger partial charge is 0.318 e. The Balaban J connectivity index is 2.06. The molecule has 0 atom stereocenters. The first kappa shape index (κ1) is 14.0. The lowest BCUT2D eigenvalue weighted by Gasteiger charge is -2.13. The molecule has 0 aromatic rings. The highest BCUT2D eigenvalue weighted by atomic mass is 16.2. The van der Waals surface area contributed by atoms with Gasteiger partial charge in [-0.25, -0.2) is 4.79 Å². The van der Waals surface area contributed by atoms with E-state index >= 15 is 0 Å². The Morgan fingerprint density at radius 1 is 1.00 bits per heavy atom. The molecule has 1 aliphatic heterocycles. The molecule has 4 nitrogen and oxygen atoms in total. The maximum absolute atomic E-state index is 11.6. The third-order valence-electron chi connectivity index (χ3n) is 3.22. The van der Waals surface area contributed by atoms with E-state index < -0.39 is 0 Å². The fraction of sp³-hybridized carbons (Fsp3) is 0.846. The van der Waals surface area contributed by atoms with Crippen molar-refractivity contribution in [2.75, 3.05) is 20.1 Å². The van der Waals surface area contributed by atoms with Crippen LogP contribution >= 0.6 is 0 Å². The predicted molar refractivity (Wildman–Crippen MR) is 67.7 cm³/mol. The van der Waals surface area contributed by atoms with Gasteiger partial charge in [-0.05, 0) is 6.42 Å². The number of carbonyl (C=O) groups is 2. The molecule has 0 bridgehead atoms. The summed E-state index contributed by atoms with van der Waals surface area (Å²) in [6.45, 7) is 3.05. The summed E-state index contributed by atoms with van der Waals surface area (Å²) in [5.74, 6) is -0.0523. The Hall–Kier alpha value is -1.06. The standard InChI is InChI=1S/C13H24N2O2/c1-3-4-5-6-7-8-9-10-15-12(16)11-14(2)13(15)17/h3-11H2,1-2H3. The van der Waals surface area contributed by atoms with Crippen molar-refractivity contribution in [1.29, 1.82) is 0 Å². The molecule has 1 heterocycles. The first-order valence-electron chi connectivity index (χ1n) is 6.72. The summed E-state index contributed by atoms with van der Waals surface area (Å²) in [7, 11) is 1.67. The minimum absolute atomic E-state index is 0.0523. The van der Waals surface area contributed by atoms with Crippen LogP contribution in [-0.2, 0) is 4.79 Å². The van der Waals surface area contributed by atoms with E-state index in [0.717, 1.165) is 12.8 Å². The number of unbranched alkanes of at least 4 members (excludes halogenated alkanes) is 6. The molecule has 0 saturated carbocycles. The van der Waals surface area contributed by atoms with Gasteiger partial charge in [-0.1, -0.05) is 45.4 Å².